The first-order chi connectivity index (χ1) is 16.6. The molecule has 1 saturated carbocycles. The van der Waals surface area contributed by atoms with E-state index in [-0.39, 0.29) is 29.8 Å². The van der Waals surface area contributed by atoms with Gasteiger partial charge in [0.15, 0.2) is 0 Å². The SMILES string of the molecule is CC1CN(S(C)(=O)=O)C2CCN(C(=O)C(NC(=O)C(C)N(C)C(=O)OC(C)(C)C)C3CCCCC3)C12. The first-order valence-electron chi connectivity index (χ1n) is 13.1. The Morgan fingerprint density at radius 2 is 1.69 bits per heavy atom. The van der Waals surface area contributed by atoms with Crippen LogP contribution in [0.2, 0.25) is 0 Å². The van der Waals surface area contributed by atoms with Gasteiger partial charge in [-0.2, -0.15) is 4.31 Å². The number of ether oxygens (including phenoxy) is 1. The first-order valence-corrected chi connectivity index (χ1v) is 15.0. The van der Waals surface area contributed by atoms with Crippen molar-refractivity contribution in [3.63, 3.8) is 0 Å². The molecule has 10 nitrogen and oxygen atoms in total. The average molecular weight is 529 g/mol. The lowest BCUT2D eigenvalue weighted by molar-refractivity contribution is -0.140. The summed E-state index contributed by atoms with van der Waals surface area (Å²) < 4.78 is 31.6. The fourth-order valence-corrected chi connectivity index (χ4v) is 7.16. The molecular formula is C25H44N4O6S. The quantitative estimate of drug-likeness (QED) is 0.565. The minimum atomic E-state index is -3.36. The van der Waals surface area contributed by atoms with Gasteiger partial charge in [-0.1, -0.05) is 26.2 Å². The Kier molecular flexibility index (Phi) is 8.65. The third-order valence-electron chi connectivity index (χ3n) is 7.88. The summed E-state index contributed by atoms with van der Waals surface area (Å²) in [6.45, 7) is 9.77. The number of likely N-dealkylation sites (tertiary alicyclic amines) is 1. The molecule has 0 aromatic heterocycles. The highest BCUT2D eigenvalue weighted by Gasteiger charge is 2.52. The first kappa shape index (κ1) is 28.7. The number of hydrogen-bond donors (Lipinski definition) is 1. The van der Waals surface area contributed by atoms with Crippen molar-refractivity contribution in [1.82, 2.24) is 19.4 Å². The third-order valence-corrected chi connectivity index (χ3v) is 9.15. The van der Waals surface area contributed by atoms with Crippen LogP contribution >= 0.6 is 0 Å². The molecule has 1 N–H and O–H groups in total. The van der Waals surface area contributed by atoms with Crippen LogP contribution in [-0.2, 0) is 24.3 Å². The van der Waals surface area contributed by atoms with Crippen LogP contribution < -0.4 is 5.32 Å². The third kappa shape index (κ3) is 6.33. The fourth-order valence-electron chi connectivity index (χ4n) is 5.93. The molecule has 1 aliphatic carbocycles. The van der Waals surface area contributed by atoms with Crippen LogP contribution in [0.5, 0.6) is 0 Å². The van der Waals surface area contributed by atoms with E-state index in [1.165, 1.54) is 22.5 Å². The lowest BCUT2D eigenvalue weighted by Crippen LogP contribution is -2.58. The maximum atomic E-state index is 14.0. The standard InChI is InChI=1S/C25H44N4O6S/c1-16-15-29(36(7,33)34)19-13-14-28(21(16)19)23(31)20(18-11-9-8-10-12-18)26-22(30)17(2)27(6)24(32)35-25(3,4)5/h16-21H,8-15H2,1-7H3,(H,26,30). The molecule has 2 heterocycles. The van der Waals surface area contributed by atoms with Crippen molar-refractivity contribution in [3.05, 3.63) is 0 Å². The molecule has 0 bridgehead atoms. The molecule has 5 atom stereocenters. The lowest BCUT2D eigenvalue weighted by Gasteiger charge is -2.37. The Morgan fingerprint density at radius 3 is 2.25 bits per heavy atom. The van der Waals surface area contributed by atoms with Crippen LogP contribution in [-0.4, -0.2) is 96.6 Å². The number of carbonyl (C=O) groups excluding carboxylic acids is 3. The van der Waals surface area contributed by atoms with Crippen LogP contribution in [0.25, 0.3) is 0 Å². The van der Waals surface area contributed by atoms with E-state index >= 15 is 0 Å². The highest BCUT2D eigenvalue weighted by molar-refractivity contribution is 7.88. The molecule has 0 aromatic rings. The van der Waals surface area contributed by atoms with Crippen LogP contribution in [0, 0.1) is 11.8 Å². The van der Waals surface area contributed by atoms with Gasteiger partial charge in [0.05, 0.1) is 12.3 Å². The van der Waals surface area contributed by atoms with Gasteiger partial charge in [-0.15, -0.1) is 0 Å². The van der Waals surface area contributed by atoms with Gasteiger partial charge in [-0.25, -0.2) is 13.2 Å². The molecule has 11 heteroatoms. The van der Waals surface area contributed by atoms with Gasteiger partial charge in [0.2, 0.25) is 21.8 Å². The van der Waals surface area contributed by atoms with Gasteiger partial charge in [0.1, 0.15) is 17.7 Å². The number of hydrogen-bond acceptors (Lipinski definition) is 6. The Bertz CT molecular complexity index is 943. The van der Waals surface area contributed by atoms with Gasteiger partial charge in [-0.3, -0.25) is 14.5 Å². The van der Waals surface area contributed by atoms with Crippen LogP contribution in [0.3, 0.4) is 0 Å². The average Bonchev–Trinajstić information content (AvgIpc) is 3.36. The van der Waals surface area contributed by atoms with E-state index in [1.807, 2.05) is 11.8 Å². The molecule has 3 aliphatic rings. The minimum Gasteiger partial charge on any atom is -0.444 e. The summed E-state index contributed by atoms with van der Waals surface area (Å²) in [7, 11) is -1.85. The van der Waals surface area contributed by atoms with Gasteiger partial charge in [0.25, 0.3) is 0 Å². The molecule has 2 saturated heterocycles. The second-order valence-electron chi connectivity index (χ2n) is 11.8. The summed E-state index contributed by atoms with van der Waals surface area (Å²) in [6, 6.07) is -1.95. The summed E-state index contributed by atoms with van der Waals surface area (Å²) in [4.78, 5) is 42.8. The minimum absolute atomic E-state index is 0.0102. The molecule has 0 spiro atoms. The van der Waals surface area contributed by atoms with Crippen molar-refractivity contribution in [2.75, 3.05) is 26.4 Å². The summed E-state index contributed by atoms with van der Waals surface area (Å²) in [6.07, 6.45) is 6.02. The highest BCUT2D eigenvalue weighted by Crippen LogP contribution is 2.38. The summed E-state index contributed by atoms with van der Waals surface area (Å²) >= 11 is 0. The number of nitrogens with one attached hydrogen (secondary N) is 1. The zero-order valence-corrected chi connectivity index (χ0v) is 23.6. The molecular weight excluding hydrogens is 484 g/mol. The van der Waals surface area contributed by atoms with E-state index in [0.29, 0.717) is 19.5 Å². The van der Waals surface area contributed by atoms with Crippen LogP contribution in [0.4, 0.5) is 4.79 Å². The predicted molar refractivity (Wildman–Crippen MR) is 137 cm³/mol. The largest absolute Gasteiger partial charge is 0.444 e. The van der Waals surface area contributed by atoms with E-state index in [1.54, 1.807) is 27.7 Å². The van der Waals surface area contributed by atoms with Crippen molar-refractivity contribution >= 4 is 27.9 Å². The number of likely N-dealkylation sites (N-methyl/N-ethyl adjacent to an activating group) is 1. The van der Waals surface area contributed by atoms with Crippen molar-refractivity contribution in [2.24, 2.45) is 11.8 Å². The highest BCUT2D eigenvalue weighted by atomic mass is 32.2. The summed E-state index contributed by atoms with van der Waals surface area (Å²) in [5.74, 6) is -0.524. The second kappa shape index (κ2) is 10.8. The van der Waals surface area contributed by atoms with E-state index < -0.39 is 39.7 Å². The number of carbonyl (C=O) groups is 3. The van der Waals surface area contributed by atoms with Crippen molar-refractivity contribution in [1.29, 1.82) is 0 Å². The van der Waals surface area contributed by atoms with Crippen LogP contribution in [0.1, 0.15) is 73.1 Å². The van der Waals surface area contributed by atoms with Gasteiger partial charge >= 0.3 is 6.09 Å². The normalized spacial score (nSPS) is 27.3. The Balaban J connectivity index is 1.78. The molecule has 0 radical (unpaired) electrons. The molecule has 36 heavy (non-hydrogen) atoms. The maximum Gasteiger partial charge on any atom is 0.410 e. The summed E-state index contributed by atoms with van der Waals surface area (Å²) in [5, 5.41) is 2.99. The zero-order chi connectivity index (χ0) is 27.0. The molecule has 5 unspecified atom stereocenters. The number of amides is 3. The monoisotopic (exact) mass is 528 g/mol. The zero-order valence-electron chi connectivity index (χ0n) is 22.8. The van der Waals surface area contributed by atoms with Gasteiger partial charge in [0, 0.05) is 26.2 Å². The van der Waals surface area contributed by atoms with Crippen molar-refractivity contribution < 1.29 is 27.5 Å². The fraction of sp³-hybridized carbons (Fsp3) is 0.880. The number of rotatable bonds is 6. The second-order valence-corrected chi connectivity index (χ2v) is 13.8. The molecule has 0 aromatic carbocycles. The van der Waals surface area contributed by atoms with Crippen LogP contribution in [0.15, 0.2) is 0 Å². The maximum absolute atomic E-state index is 14.0. The van der Waals surface area contributed by atoms with Gasteiger partial charge < -0.3 is 15.0 Å². The van der Waals surface area contributed by atoms with E-state index in [4.69, 9.17) is 4.74 Å². The van der Waals surface area contributed by atoms with E-state index in [0.717, 1.165) is 32.1 Å². The predicted octanol–water partition coefficient (Wildman–Crippen LogP) is 2.19. The molecule has 3 rings (SSSR count). The van der Waals surface area contributed by atoms with Gasteiger partial charge in [-0.05, 0) is 58.8 Å². The molecule has 206 valence electrons. The molecule has 2 aliphatic heterocycles. The van der Waals surface area contributed by atoms with E-state index in [2.05, 4.69) is 5.32 Å². The molecule has 3 fully saturated rings. The number of sulfonamides is 1. The Hall–Kier alpha value is -1.88. The lowest BCUT2D eigenvalue weighted by atomic mass is 9.83. The Labute approximate surface area is 216 Å². The number of fused-ring (bicyclic) bond motifs is 1. The molecule has 3 amide bonds. The Morgan fingerprint density at radius 1 is 1.08 bits per heavy atom. The summed E-state index contributed by atoms with van der Waals surface area (Å²) in [5.41, 5.74) is -0.688. The van der Waals surface area contributed by atoms with Crippen molar-refractivity contribution in [3.8, 4) is 0 Å². The number of nitrogens with zero attached hydrogens (tertiary/aromatic N) is 3. The van der Waals surface area contributed by atoms with Crippen molar-refractivity contribution in [2.45, 2.75) is 103 Å². The topological polar surface area (TPSA) is 116 Å². The smallest absolute Gasteiger partial charge is 0.410 e. The van der Waals surface area contributed by atoms with E-state index in [9.17, 15) is 22.8 Å².